The normalized spacial score (nSPS) is 23.4. The molecule has 2 saturated heterocycles. The van der Waals surface area contributed by atoms with E-state index >= 15 is 0 Å². The molecule has 212 valence electrons. The predicted molar refractivity (Wildman–Crippen MR) is 146 cm³/mol. The summed E-state index contributed by atoms with van der Waals surface area (Å²) in [4.78, 5) is 23.2. The molecule has 2 aromatic heterocycles. The van der Waals surface area contributed by atoms with E-state index in [-0.39, 0.29) is 47.7 Å². The van der Waals surface area contributed by atoms with Crippen LogP contribution in [0.15, 0.2) is 48.5 Å². The van der Waals surface area contributed by atoms with Crippen molar-refractivity contribution in [1.29, 1.82) is 0 Å². The van der Waals surface area contributed by atoms with Crippen LogP contribution < -0.4 is 4.74 Å². The average molecular weight is 581 g/mol. The summed E-state index contributed by atoms with van der Waals surface area (Å²) in [5.74, 6) is -0.137. The molecule has 4 atom stereocenters. The van der Waals surface area contributed by atoms with E-state index in [9.17, 15) is 18.7 Å². The Balaban J connectivity index is 1.04. The third-order valence-corrected chi connectivity index (χ3v) is 8.68. The minimum absolute atomic E-state index is 0.00221. The summed E-state index contributed by atoms with van der Waals surface area (Å²) < 4.78 is 42.4. The van der Waals surface area contributed by atoms with Gasteiger partial charge in [-0.2, -0.15) is 0 Å². The number of aromatic carboxylic acids is 1. The molecule has 11 heteroatoms. The number of hydrogen-bond acceptors (Lipinski definition) is 6. The molecule has 4 aromatic rings. The van der Waals surface area contributed by atoms with Crippen LogP contribution in [0.1, 0.15) is 39.8 Å². The largest absolute Gasteiger partial charge is 0.478 e. The van der Waals surface area contributed by atoms with E-state index in [1.807, 2.05) is 0 Å². The van der Waals surface area contributed by atoms with Crippen molar-refractivity contribution < 1.29 is 28.2 Å². The number of carboxylic acid groups (broad SMARTS) is 1. The second-order valence-corrected chi connectivity index (χ2v) is 11.5. The fourth-order valence-corrected chi connectivity index (χ4v) is 6.31. The number of halogens is 3. The zero-order valence-corrected chi connectivity index (χ0v) is 22.7. The SMILES string of the molecule is O=C(O)c1ccc2nc(CN3C[C@@H]4C(c5nc(OCc6ccc(Cl)cc6F)ccc5F)[C@@H]4C3)n(CC3CCO3)c2c1. The maximum absolute atomic E-state index is 14.8. The van der Waals surface area contributed by atoms with E-state index in [1.54, 1.807) is 30.3 Å². The standard InChI is InChI=1S/C30H27ClF2N4O4/c31-18-3-1-17(23(33)10-18)15-41-27-6-4-22(32)29(35-27)28-20-12-36(13-21(20)28)14-26-34-24-5-2-16(30(38)39)9-25(24)37(26)11-19-7-8-40-19/h1-6,9-10,19-21,28H,7-8,11-15H2,(H,38,39)/t19?,20-,21+,28?. The summed E-state index contributed by atoms with van der Waals surface area (Å²) in [7, 11) is 0. The molecule has 1 saturated carbocycles. The molecule has 7 rings (SSSR count). The molecule has 0 spiro atoms. The highest BCUT2D eigenvalue weighted by Gasteiger charge is 2.57. The van der Waals surface area contributed by atoms with E-state index in [1.165, 1.54) is 18.2 Å². The van der Waals surface area contributed by atoms with Crippen LogP contribution in [0.25, 0.3) is 11.0 Å². The lowest BCUT2D eigenvalue weighted by atomic mass is 10.1. The molecule has 0 radical (unpaired) electrons. The van der Waals surface area contributed by atoms with E-state index in [0.717, 1.165) is 43.0 Å². The molecule has 4 heterocycles. The van der Waals surface area contributed by atoms with Crippen LogP contribution in [0.2, 0.25) is 5.02 Å². The number of piperidine rings is 1. The Bertz CT molecular complexity index is 1650. The third-order valence-electron chi connectivity index (χ3n) is 8.44. The maximum atomic E-state index is 14.8. The fraction of sp³-hybridized carbons (Fsp3) is 0.367. The number of pyridine rings is 1. The highest BCUT2D eigenvalue weighted by atomic mass is 35.5. The second-order valence-electron chi connectivity index (χ2n) is 11.0. The summed E-state index contributed by atoms with van der Waals surface area (Å²) in [6.07, 6.45) is 1.05. The van der Waals surface area contributed by atoms with Crippen molar-refractivity contribution in [2.24, 2.45) is 11.8 Å². The van der Waals surface area contributed by atoms with Crippen LogP contribution in [-0.4, -0.2) is 56.3 Å². The number of hydrogen-bond donors (Lipinski definition) is 1. The van der Waals surface area contributed by atoms with Crippen molar-refractivity contribution in [2.45, 2.75) is 38.1 Å². The molecule has 41 heavy (non-hydrogen) atoms. The van der Waals surface area contributed by atoms with Crippen LogP contribution in [-0.2, 0) is 24.4 Å². The molecule has 2 aliphatic heterocycles. The zero-order valence-electron chi connectivity index (χ0n) is 22.0. The van der Waals surface area contributed by atoms with Gasteiger partial charge in [-0.1, -0.05) is 17.7 Å². The van der Waals surface area contributed by atoms with Gasteiger partial charge in [0.25, 0.3) is 0 Å². The molecule has 2 unspecified atom stereocenters. The van der Waals surface area contributed by atoms with Crippen molar-refractivity contribution in [3.63, 3.8) is 0 Å². The first-order chi connectivity index (χ1) is 19.8. The van der Waals surface area contributed by atoms with Gasteiger partial charge in [0.1, 0.15) is 24.1 Å². The topological polar surface area (TPSA) is 89.7 Å². The number of nitrogens with zero attached hydrogens (tertiary/aromatic N) is 4. The minimum Gasteiger partial charge on any atom is -0.478 e. The van der Waals surface area contributed by atoms with Crippen molar-refractivity contribution in [3.8, 4) is 5.88 Å². The van der Waals surface area contributed by atoms with E-state index < -0.39 is 11.8 Å². The minimum atomic E-state index is -0.973. The van der Waals surface area contributed by atoms with Gasteiger partial charge >= 0.3 is 5.97 Å². The van der Waals surface area contributed by atoms with Crippen molar-refractivity contribution in [3.05, 3.63) is 87.8 Å². The number of imidazole rings is 1. The Hall–Kier alpha value is -3.60. The number of likely N-dealkylation sites (tertiary alicyclic amines) is 1. The van der Waals surface area contributed by atoms with Crippen molar-refractivity contribution in [1.82, 2.24) is 19.4 Å². The molecule has 2 aromatic carbocycles. The molecule has 1 N–H and O–H groups in total. The first kappa shape index (κ1) is 26.3. The number of carbonyl (C=O) groups is 1. The quantitative estimate of drug-likeness (QED) is 0.288. The van der Waals surface area contributed by atoms with E-state index in [4.69, 9.17) is 26.1 Å². The van der Waals surface area contributed by atoms with Crippen LogP contribution in [0, 0.1) is 23.5 Å². The molecule has 8 nitrogen and oxygen atoms in total. The second kappa shape index (κ2) is 10.3. The van der Waals surface area contributed by atoms with E-state index in [2.05, 4.69) is 14.5 Å². The Morgan fingerprint density at radius 3 is 2.59 bits per heavy atom. The number of carboxylic acids is 1. The van der Waals surface area contributed by atoms with Gasteiger partial charge in [0.2, 0.25) is 5.88 Å². The highest BCUT2D eigenvalue weighted by Crippen LogP contribution is 2.58. The van der Waals surface area contributed by atoms with Gasteiger partial charge in [0.05, 0.1) is 41.5 Å². The Morgan fingerprint density at radius 2 is 1.88 bits per heavy atom. The number of rotatable bonds is 9. The van der Waals surface area contributed by atoms with Gasteiger partial charge < -0.3 is 19.1 Å². The number of benzene rings is 2. The van der Waals surface area contributed by atoms with Crippen LogP contribution in [0.4, 0.5) is 8.78 Å². The molecular weight excluding hydrogens is 554 g/mol. The van der Waals surface area contributed by atoms with Gasteiger partial charge in [-0.3, -0.25) is 4.90 Å². The smallest absolute Gasteiger partial charge is 0.335 e. The fourth-order valence-electron chi connectivity index (χ4n) is 6.15. The van der Waals surface area contributed by atoms with Crippen LogP contribution >= 0.6 is 11.6 Å². The first-order valence-corrected chi connectivity index (χ1v) is 14.0. The molecule has 1 aliphatic carbocycles. The third kappa shape index (κ3) is 5.05. The first-order valence-electron chi connectivity index (χ1n) is 13.6. The Kier molecular flexibility index (Phi) is 6.64. The lowest BCUT2D eigenvalue weighted by molar-refractivity contribution is -0.0591. The van der Waals surface area contributed by atoms with Crippen LogP contribution in [0.5, 0.6) is 5.88 Å². The van der Waals surface area contributed by atoms with Crippen LogP contribution in [0.3, 0.4) is 0 Å². The monoisotopic (exact) mass is 580 g/mol. The molecule has 3 aliphatic rings. The Morgan fingerprint density at radius 1 is 1.07 bits per heavy atom. The summed E-state index contributed by atoms with van der Waals surface area (Å²) in [6, 6.07) is 12.2. The van der Waals surface area contributed by atoms with Gasteiger partial charge in [-0.15, -0.1) is 0 Å². The summed E-state index contributed by atoms with van der Waals surface area (Å²) in [5, 5.41) is 9.79. The number of ether oxygens (including phenoxy) is 2. The highest BCUT2D eigenvalue weighted by molar-refractivity contribution is 6.30. The lowest BCUT2D eigenvalue weighted by Gasteiger charge is -2.28. The van der Waals surface area contributed by atoms with E-state index in [0.29, 0.717) is 29.4 Å². The Labute approximate surface area is 239 Å². The summed E-state index contributed by atoms with van der Waals surface area (Å²) in [6.45, 7) is 3.49. The zero-order chi connectivity index (χ0) is 28.2. The van der Waals surface area contributed by atoms with Gasteiger partial charge in [0, 0.05) is 42.3 Å². The molecule has 0 amide bonds. The van der Waals surface area contributed by atoms with Crippen molar-refractivity contribution >= 4 is 28.6 Å². The molecule has 3 fully saturated rings. The van der Waals surface area contributed by atoms with Gasteiger partial charge in [-0.05, 0) is 54.7 Å². The average Bonchev–Trinajstić information content (AvgIpc) is 3.23. The summed E-state index contributed by atoms with van der Waals surface area (Å²) in [5.41, 5.74) is 2.51. The predicted octanol–water partition coefficient (Wildman–Crippen LogP) is 5.27. The molecule has 0 bridgehead atoms. The molecular formula is C30H27ClF2N4O4. The lowest BCUT2D eigenvalue weighted by Crippen LogP contribution is -2.33. The maximum Gasteiger partial charge on any atom is 0.335 e. The van der Waals surface area contributed by atoms with Gasteiger partial charge in [0.15, 0.2) is 0 Å². The van der Waals surface area contributed by atoms with Crippen molar-refractivity contribution in [2.75, 3.05) is 19.7 Å². The van der Waals surface area contributed by atoms with Gasteiger partial charge in [-0.25, -0.2) is 23.5 Å². The number of fused-ring (bicyclic) bond motifs is 2. The number of aromatic nitrogens is 3. The summed E-state index contributed by atoms with van der Waals surface area (Å²) >= 11 is 5.82.